The fourth-order valence-corrected chi connectivity index (χ4v) is 11.0. The molecule has 0 radical (unpaired) electrons. The van der Waals surface area contributed by atoms with Crippen LogP contribution in [0.1, 0.15) is 98.8 Å². The van der Waals surface area contributed by atoms with E-state index in [-0.39, 0.29) is 29.5 Å². The van der Waals surface area contributed by atoms with Gasteiger partial charge >= 0.3 is 0 Å². The van der Waals surface area contributed by atoms with Crippen LogP contribution in [-0.4, -0.2) is 45.8 Å². The highest BCUT2D eigenvalue weighted by molar-refractivity contribution is 5.25. The molecule has 0 aromatic carbocycles. The van der Waals surface area contributed by atoms with Crippen LogP contribution in [0.3, 0.4) is 0 Å². The number of fused-ring (bicyclic) bond motifs is 6. The third kappa shape index (κ3) is 3.17. The average molecular weight is 475 g/mol. The molecule has 5 rings (SSSR count). The SMILES string of the molecule is C[C@@]12CC[C@@H]3[C@](C)(CC[C@@H](O)[C@]3(C)CO)[C@H]1CC[C@H]1C(=CC[C@H]3[C@](C)(CO)[C@H](O)CC[C@@]31C)C2. The molecule has 4 nitrogen and oxygen atoms in total. The topological polar surface area (TPSA) is 80.9 Å². The van der Waals surface area contributed by atoms with E-state index < -0.39 is 23.0 Å². The Bertz CT molecular complexity index is 840. The van der Waals surface area contributed by atoms with Gasteiger partial charge in [-0.05, 0) is 104 Å². The molecule has 5 aliphatic rings. The zero-order valence-electron chi connectivity index (χ0n) is 22.3. The summed E-state index contributed by atoms with van der Waals surface area (Å²) >= 11 is 0. The van der Waals surface area contributed by atoms with Gasteiger partial charge in [0.1, 0.15) is 0 Å². The van der Waals surface area contributed by atoms with Crippen LogP contribution in [0.2, 0.25) is 0 Å². The molecule has 0 aliphatic heterocycles. The van der Waals surface area contributed by atoms with Crippen LogP contribution < -0.4 is 0 Å². The number of aliphatic hydroxyl groups is 4. The lowest BCUT2D eigenvalue weighted by atomic mass is 9.42. The molecule has 0 heterocycles. The summed E-state index contributed by atoms with van der Waals surface area (Å²) in [4.78, 5) is 0. The maximum atomic E-state index is 10.9. The van der Waals surface area contributed by atoms with Crippen molar-refractivity contribution in [1.82, 2.24) is 0 Å². The third-order valence-electron chi connectivity index (χ3n) is 13.2. The minimum atomic E-state index is -0.419. The molecule has 4 heteroatoms. The van der Waals surface area contributed by atoms with Crippen LogP contribution in [0.5, 0.6) is 0 Å². The van der Waals surface area contributed by atoms with E-state index in [1.807, 2.05) is 0 Å². The van der Waals surface area contributed by atoms with Crippen LogP contribution in [0.25, 0.3) is 0 Å². The zero-order valence-corrected chi connectivity index (χ0v) is 22.3. The first-order valence-corrected chi connectivity index (χ1v) is 14.2. The standard InChI is InChI=1S/C30H50O4/c1-26-13-10-23-28(3,15-12-25(34)30(23,5)18-32)21(26)9-7-20-19(16-26)6-8-22-27(20,2)14-11-24(33)29(22,4)17-31/h6,20-25,31-34H,7-18H2,1-5H3/t20-,21-,22+,23+,24+,25+,26-,27+,28+,29-,30+/m0/s1. The predicted octanol–water partition coefficient (Wildman–Crippen LogP) is 5.08. The van der Waals surface area contributed by atoms with Gasteiger partial charge in [-0.25, -0.2) is 0 Å². The van der Waals surface area contributed by atoms with Gasteiger partial charge in [-0.1, -0.05) is 46.3 Å². The Balaban J connectivity index is 1.50. The number of allylic oxidation sites excluding steroid dienone is 2. The Hall–Kier alpha value is -0.420. The summed E-state index contributed by atoms with van der Waals surface area (Å²) in [6, 6.07) is 0. The van der Waals surface area contributed by atoms with Crippen molar-refractivity contribution in [2.45, 2.75) is 111 Å². The Morgan fingerprint density at radius 2 is 1.29 bits per heavy atom. The highest BCUT2D eigenvalue weighted by atomic mass is 16.3. The van der Waals surface area contributed by atoms with Crippen LogP contribution in [0.15, 0.2) is 11.6 Å². The summed E-state index contributed by atoms with van der Waals surface area (Å²) < 4.78 is 0. The van der Waals surface area contributed by atoms with Crippen LogP contribution >= 0.6 is 0 Å². The molecule has 0 bridgehead atoms. The second-order valence-corrected chi connectivity index (χ2v) is 14.6. The second kappa shape index (κ2) is 8.04. The average Bonchev–Trinajstić information content (AvgIpc) is 2.96. The second-order valence-electron chi connectivity index (χ2n) is 14.6. The van der Waals surface area contributed by atoms with Gasteiger partial charge in [-0.3, -0.25) is 0 Å². The quantitative estimate of drug-likeness (QED) is 0.421. The smallest absolute Gasteiger partial charge is 0.0618 e. The van der Waals surface area contributed by atoms with Crippen molar-refractivity contribution in [3.8, 4) is 0 Å². The van der Waals surface area contributed by atoms with Crippen LogP contribution in [0.4, 0.5) is 0 Å². The summed E-state index contributed by atoms with van der Waals surface area (Å²) in [5.41, 5.74) is 1.39. The molecule has 34 heavy (non-hydrogen) atoms. The Morgan fingerprint density at radius 1 is 0.706 bits per heavy atom. The first-order valence-electron chi connectivity index (χ1n) is 14.2. The molecule has 0 unspecified atom stereocenters. The Morgan fingerprint density at radius 3 is 1.91 bits per heavy atom. The fraction of sp³-hybridized carbons (Fsp3) is 0.933. The molecule has 0 spiro atoms. The number of hydrogen-bond acceptors (Lipinski definition) is 4. The summed E-state index contributed by atoms with van der Waals surface area (Å²) in [5.74, 6) is 1.82. The van der Waals surface area contributed by atoms with Crippen molar-refractivity contribution < 1.29 is 20.4 Å². The number of hydrogen-bond donors (Lipinski definition) is 4. The van der Waals surface area contributed by atoms with E-state index in [1.54, 1.807) is 5.57 Å². The molecule has 0 saturated heterocycles. The molecule has 0 aromatic heterocycles. The van der Waals surface area contributed by atoms with Gasteiger partial charge in [0, 0.05) is 10.8 Å². The molecule has 194 valence electrons. The third-order valence-corrected chi connectivity index (χ3v) is 13.2. The highest BCUT2D eigenvalue weighted by Crippen LogP contribution is 2.70. The summed E-state index contributed by atoms with van der Waals surface area (Å²) in [7, 11) is 0. The molecular formula is C30H50O4. The van der Waals surface area contributed by atoms with Gasteiger partial charge in [0.05, 0.1) is 25.4 Å². The van der Waals surface area contributed by atoms with Gasteiger partial charge < -0.3 is 20.4 Å². The van der Waals surface area contributed by atoms with E-state index in [9.17, 15) is 20.4 Å². The molecule has 5 aliphatic carbocycles. The fourth-order valence-electron chi connectivity index (χ4n) is 11.0. The first kappa shape index (κ1) is 25.2. The number of rotatable bonds is 2. The molecule has 0 aromatic rings. The molecule has 0 amide bonds. The van der Waals surface area contributed by atoms with E-state index in [0.29, 0.717) is 23.7 Å². The monoisotopic (exact) mass is 474 g/mol. The molecular weight excluding hydrogens is 424 g/mol. The van der Waals surface area contributed by atoms with Crippen LogP contribution in [-0.2, 0) is 0 Å². The zero-order chi connectivity index (χ0) is 24.7. The van der Waals surface area contributed by atoms with Crippen molar-refractivity contribution in [3.05, 3.63) is 11.6 Å². The highest BCUT2D eigenvalue weighted by Gasteiger charge is 2.64. The Kier molecular flexibility index (Phi) is 5.97. The van der Waals surface area contributed by atoms with Crippen molar-refractivity contribution in [1.29, 1.82) is 0 Å². The van der Waals surface area contributed by atoms with Crippen LogP contribution in [0, 0.1) is 50.7 Å². The minimum absolute atomic E-state index is 0.0620. The first-order chi connectivity index (χ1) is 15.9. The lowest BCUT2D eigenvalue weighted by molar-refractivity contribution is -0.189. The van der Waals surface area contributed by atoms with E-state index in [4.69, 9.17) is 0 Å². The predicted molar refractivity (Wildman–Crippen MR) is 135 cm³/mol. The van der Waals surface area contributed by atoms with Gasteiger partial charge in [0.15, 0.2) is 0 Å². The van der Waals surface area contributed by atoms with Gasteiger partial charge in [-0.15, -0.1) is 0 Å². The molecule has 4 fully saturated rings. The van der Waals surface area contributed by atoms with Gasteiger partial charge in [0.2, 0.25) is 0 Å². The normalized spacial score (nSPS) is 57.4. The maximum Gasteiger partial charge on any atom is 0.0618 e. The van der Waals surface area contributed by atoms with Crippen molar-refractivity contribution in [3.63, 3.8) is 0 Å². The number of aliphatic hydroxyl groups excluding tert-OH is 4. The van der Waals surface area contributed by atoms with E-state index in [1.165, 1.54) is 25.7 Å². The largest absolute Gasteiger partial charge is 0.396 e. The Labute approximate surface area is 207 Å². The lowest BCUT2D eigenvalue weighted by Gasteiger charge is -2.64. The lowest BCUT2D eigenvalue weighted by Crippen LogP contribution is -2.60. The van der Waals surface area contributed by atoms with E-state index >= 15 is 0 Å². The van der Waals surface area contributed by atoms with Crippen molar-refractivity contribution in [2.75, 3.05) is 13.2 Å². The summed E-state index contributed by atoms with van der Waals surface area (Å²) in [6.45, 7) is 11.9. The van der Waals surface area contributed by atoms with Gasteiger partial charge in [0.25, 0.3) is 0 Å². The summed E-state index contributed by atoms with van der Waals surface area (Å²) in [6.07, 6.45) is 12.2. The maximum absolute atomic E-state index is 10.9. The molecule has 4 N–H and O–H groups in total. The minimum Gasteiger partial charge on any atom is -0.396 e. The molecule has 11 atom stereocenters. The van der Waals surface area contributed by atoms with E-state index in [0.717, 1.165) is 38.5 Å². The summed E-state index contributed by atoms with van der Waals surface area (Å²) in [5, 5.41) is 42.6. The van der Waals surface area contributed by atoms with Gasteiger partial charge in [-0.2, -0.15) is 0 Å². The molecule has 4 saturated carbocycles. The van der Waals surface area contributed by atoms with E-state index in [2.05, 4.69) is 40.7 Å². The van der Waals surface area contributed by atoms with Crippen molar-refractivity contribution >= 4 is 0 Å². The van der Waals surface area contributed by atoms with Crippen molar-refractivity contribution in [2.24, 2.45) is 50.7 Å².